The van der Waals surface area contributed by atoms with E-state index in [1.54, 1.807) is 4.90 Å². The van der Waals surface area contributed by atoms with Crippen molar-refractivity contribution in [2.75, 3.05) is 49.5 Å². The van der Waals surface area contributed by atoms with Gasteiger partial charge in [-0.3, -0.25) is 19.3 Å². The Labute approximate surface area is 182 Å². The van der Waals surface area contributed by atoms with Crippen molar-refractivity contribution in [3.63, 3.8) is 0 Å². The molecule has 2 aromatic rings. The quantitative estimate of drug-likeness (QED) is 0.777. The number of amides is 3. The molecule has 2 aromatic carbocycles. The molecule has 3 amide bonds. The smallest absolute Gasteiger partial charge is 0.238 e. The van der Waals surface area contributed by atoms with Crippen LogP contribution < -0.4 is 10.2 Å². The molecule has 2 saturated heterocycles. The van der Waals surface area contributed by atoms with Crippen LogP contribution in [0.5, 0.6) is 0 Å². The average Bonchev–Trinajstić information content (AvgIpc) is 3.21. The highest BCUT2D eigenvalue weighted by atomic mass is 16.2. The Bertz CT molecular complexity index is 922. The third-order valence-corrected chi connectivity index (χ3v) is 5.83. The third-order valence-electron chi connectivity index (χ3n) is 5.83. The monoisotopic (exact) mass is 420 g/mol. The van der Waals surface area contributed by atoms with Gasteiger partial charge >= 0.3 is 0 Å². The van der Waals surface area contributed by atoms with Crippen LogP contribution in [0.25, 0.3) is 0 Å². The lowest BCUT2D eigenvalue weighted by Gasteiger charge is -2.34. The molecule has 0 atom stereocenters. The van der Waals surface area contributed by atoms with Gasteiger partial charge in [0.25, 0.3) is 0 Å². The van der Waals surface area contributed by atoms with Gasteiger partial charge < -0.3 is 15.1 Å². The minimum atomic E-state index is -0.0393. The summed E-state index contributed by atoms with van der Waals surface area (Å²) in [5, 5.41) is 2.90. The molecule has 31 heavy (non-hydrogen) atoms. The normalized spacial score (nSPS) is 17.1. The maximum atomic E-state index is 12.7. The van der Waals surface area contributed by atoms with Crippen molar-refractivity contribution in [3.8, 4) is 0 Å². The molecule has 0 radical (unpaired) electrons. The Morgan fingerprint density at radius 2 is 1.58 bits per heavy atom. The van der Waals surface area contributed by atoms with E-state index >= 15 is 0 Å². The third kappa shape index (κ3) is 5.49. The Hall–Kier alpha value is -3.19. The van der Waals surface area contributed by atoms with Gasteiger partial charge in [0.1, 0.15) is 0 Å². The average molecular weight is 421 g/mol. The van der Waals surface area contributed by atoms with Crippen LogP contribution in [0.4, 0.5) is 11.4 Å². The van der Waals surface area contributed by atoms with E-state index < -0.39 is 0 Å². The molecule has 0 spiro atoms. The number of nitrogens with zero attached hydrogens (tertiary/aromatic N) is 3. The van der Waals surface area contributed by atoms with E-state index in [2.05, 4.69) is 10.2 Å². The van der Waals surface area contributed by atoms with Crippen molar-refractivity contribution < 1.29 is 14.4 Å². The Balaban J connectivity index is 1.22. The first-order chi connectivity index (χ1) is 15.1. The van der Waals surface area contributed by atoms with Crippen LogP contribution in [0, 0.1) is 0 Å². The van der Waals surface area contributed by atoms with E-state index in [1.165, 1.54) is 0 Å². The molecule has 1 N–H and O–H groups in total. The molecule has 2 heterocycles. The zero-order valence-electron chi connectivity index (χ0n) is 17.6. The lowest BCUT2D eigenvalue weighted by Crippen LogP contribution is -2.50. The second-order valence-corrected chi connectivity index (χ2v) is 8.06. The minimum absolute atomic E-state index is 0.0393. The number of rotatable bonds is 6. The lowest BCUT2D eigenvalue weighted by atomic mass is 10.1. The summed E-state index contributed by atoms with van der Waals surface area (Å²) >= 11 is 0. The number of nitrogens with one attached hydrogen (secondary N) is 1. The maximum Gasteiger partial charge on any atom is 0.238 e. The predicted octanol–water partition coefficient (Wildman–Crippen LogP) is 2.14. The van der Waals surface area contributed by atoms with E-state index in [0.717, 1.165) is 29.9 Å². The topological polar surface area (TPSA) is 73.0 Å². The SMILES string of the molecule is O=C(CN1CCN(C(=O)Cc2ccc(N3CCCC3=O)cc2)CC1)Nc1ccccc1. The van der Waals surface area contributed by atoms with Gasteiger partial charge in [-0.05, 0) is 36.2 Å². The molecule has 0 aliphatic carbocycles. The fraction of sp³-hybridized carbons (Fsp3) is 0.375. The summed E-state index contributed by atoms with van der Waals surface area (Å²) in [7, 11) is 0. The van der Waals surface area contributed by atoms with Gasteiger partial charge in [-0.25, -0.2) is 0 Å². The summed E-state index contributed by atoms with van der Waals surface area (Å²) in [4.78, 5) is 42.5. The fourth-order valence-electron chi connectivity index (χ4n) is 4.08. The molecule has 7 heteroatoms. The van der Waals surface area contributed by atoms with E-state index in [1.807, 2.05) is 59.5 Å². The Morgan fingerprint density at radius 1 is 0.871 bits per heavy atom. The van der Waals surface area contributed by atoms with Crippen LogP contribution >= 0.6 is 0 Å². The van der Waals surface area contributed by atoms with Gasteiger partial charge in [0, 0.05) is 50.5 Å². The van der Waals surface area contributed by atoms with Crippen LogP contribution in [-0.4, -0.2) is 66.8 Å². The number of para-hydroxylation sites is 1. The zero-order chi connectivity index (χ0) is 21.6. The summed E-state index contributed by atoms with van der Waals surface area (Å²) < 4.78 is 0. The van der Waals surface area contributed by atoms with Crippen LogP contribution in [0.2, 0.25) is 0 Å². The highest BCUT2D eigenvalue weighted by Gasteiger charge is 2.24. The van der Waals surface area contributed by atoms with E-state index in [4.69, 9.17) is 0 Å². The van der Waals surface area contributed by atoms with Gasteiger partial charge in [-0.2, -0.15) is 0 Å². The van der Waals surface area contributed by atoms with Crippen LogP contribution in [-0.2, 0) is 20.8 Å². The molecule has 4 rings (SSSR count). The van der Waals surface area contributed by atoms with Gasteiger partial charge in [0.15, 0.2) is 0 Å². The number of piperazine rings is 1. The number of hydrogen-bond donors (Lipinski definition) is 1. The maximum absolute atomic E-state index is 12.7. The van der Waals surface area contributed by atoms with Crippen molar-refractivity contribution in [1.82, 2.24) is 9.80 Å². The summed E-state index contributed by atoms with van der Waals surface area (Å²) in [5.41, 5.74) is 2.65. The second-order valence-electron chi connectivity index (χ2n) is 8.06. The minimum Gasteiger partial charge on any atom is -0.340 e. The number of carbonyl (C=O) groups is 3. The molecule has 0 bridgehead atoms. The summed E-state index contributed by atoms with van der Waals surface area (Å²) in [6.45, 7) is 3.71. The van der Waals surface area contributed by atoms with E-state index in [9.17, 15) is 14.4 Å². The highest BCUT2D eigenvalue weighted by Crippen LogP contribution is 2.22. The molecule has 2 fully saturated rings. The van der Waals surface area contributed by atoms with Gasteiger partial charge in [0.2, 0.25) is 17.7 Å². The molecule has 162 valence electrons. The summed E-state index contributed by atoms with van der Waals surface area (Å²) in [6, 6.07) is 17.1. The molecular formula is C24H28N4O3. The summed E-state index contributed by atoms with van der Waals surface area (Å²) in [6.07, 6.45) is 1.86. The number of hydrogen-bond acceptors (Lipinski definition) is 4. The lowest BCUT2D eigenvalue weighted by molar-refractivity contribution is -0.132. The van der Waals surface area contributed by atoms with Crippen molar-refractivity contribution in [2.45, 2.75) is 19.3 Å². The Kier molecular flexibility index (Phi) is 6.62. The number of benzene rings is 2. The largest absolute Gasteiger partial charge is 0.340 e. The second kappa shape index (κ2) is 9.75. The Morgan fingerprint density at radius 3 is 2.23 bits per heavy atom. The van der Waals surface area contributed by atoms with Crippen molar-refractivity contribution in [2.24, 2.45) is 0 Å². The van der Waals surface area contributed by atoms with Gasteiger partial charge in [-0.15, -0.1) is 0 Å². The first kappa shape index (κ1) is 21.1. The van der Waals surface area contributed by atoms with Crippen molar-refractivity contribution in [1.29, 1.82) is 0 Å². The standard InChI is InChI=1S/C24H28N4O3/c29-22(25-20-5-2-1-3-6-20)18-26-13-15-27(16-14-26)24(31)17-19-8-10-21(11-9-19)28-12-4-7-23(28)30/h1-3,5-6,8-11H,4,7,12-18H2,(H,25,29). The first-order valence-corrected chi connectivity index (χ1v) is 10.8. The van der Waals surface area contributed by atoms with Gasteiger partial charge in [-0.1, -0.05) is 30.3 Å². The molecule has 7 nitrogen and oxygen atoms in total. The van der Waals surface area contributed by atoms with Crippen molar-refractivity contribution in [3.05, 3.63) is 60.2 Å². The van der Waals surface area contributed by atoms with Crippen molar-refractivity contribution >= 4 is 29.1 Å². The highest BCUT2D eigenvalue weighted by molar-refractivity contribution is 5.95. The first-order valence-electron chi connectivity index (χ1n) is 10.8. The summed E-state index contributed by atoms with van der Waals surface area (Å²) in [5.74, 6) is 0.222. The number of carbonyl (C=O) groups excluding carboxylic acids is 3. The van der Waals surface area contributed by atoms with Crippen LogP contribution in [0.3, 0.4) is 0 Å². The molecule has 2 aliphatic rings. The molecule has 0 saturated carbocycles. The fourth-order valence-corrected chi connectivity index (χ4v) is 4.08. The molecule has 0 aromatic heterocycles. The molecule has 2 aliphatic heterocycles. The molecular weight excluding hydrogens is 392 g/mol. The zero-order valence-corrected chi connectivity index (χ0v) is 17.6. The van der Waals surface area contributed by atoms with E-state index in [0.29, 0.717) is 45.6 Å². The van der Waals surface area contributed by atoms with Crippen LogP contribution in [0.15, 0.2) is 54.6 Å². The van der Waals surface area contributed by atoms with Crippen LogP contribution in [0.1, 0.15) is 18.4 Å². The molecule has 0 unspecified atom stereocenters. The van der Waals surface area contributed by atoms with Gasteiger partial charge in [0.05, 0.1) is 13.0 Å². The predicted molar refractivity (Wildman–Crippen MR) is 120 cm³/mol. The number of anilines is 2. The van der Waals surface area contributed by atoms with E-state index in [-0.39, 0.29) is 17.7 Å².